The van der Waals surface area contributed by atoms with E-state index >= 15 is 0 Å². The summed E-state index contributed by atoms with van der Waals surface area (Å²) in [6.07, 6.45) is -2.62. The third-order valence-electron chi connectivity index (χ3n) is 2.84. The van der Waals surface area contributed by atoms with Crippen molar-refractivity contribution in [3.63, 3.8) is 0 Å². The number of hydrogen-bond donors (Lipinski definition) is 4. The zero-order valence-corrected chi connectivity index (χ0v) is 9.74. The fourth-order valence-corrected chi connectivity index (χ4v) is 2.08. The zero-order chi connectivity index (χ0) is 13.9. The van der Waals surface area contributed by atoms with Crippen LogP contribution in [0.4, 0.5) is 9.59 Å². The highest BCUT2D eigenvalue weighted by molar-refractivity contribution is 5.81. The Labute approximate surface area is 103 Å². The third-order valence-corrected chi connectivity index (χ3v) is 2.84. The molecule has 1 aliphatic heterocycles. The second kappa shape index (κ2) is 5.54. The molecule has 0 aromatic carbocycles. The van der Waals surface area contributed by atoms with E-state index in [4.69, 9.17) is 15.3 Å². The van der Waals surface area contributed by atoms with Crippen LogP contribution in [-0.2, 0) is 4.79 Å². The molecular weight excluding hydrogens is 246 g/mol. The minimum Gasteiger partial charge on any atom is -0.480 e. The van der Waals surface area contributed by atoms with Gasteiger partial charge < -0.3 is 20.6 Å². The summed E-state index contributed by atoms with van der Waals surface area (Å²) < 4.78 is 0. The van der Waals surface area contributed by atoms with Crippen molar-refractivity contribution in [1.29, 1.82) is 0 Å². The lowest BCUT2D eigenvalue weighted by Gasteiger charge is -2.43. The molecule has 1 aliphatic rings. The second-order valence-electron chi connectivity index (χ2n) is 3.86. The molecule has 2 unspecified atom stereocenters. The van der Waals surface area contributed by atoms with Gasteiger partial charge in [-0.1, -0.05) is 0 Å². The van der Waals surface area contributed by atoms with Gasteiger partial charge >= 0.3 is 18.2 Å². The zero-order valence-electron chi connectivity index (χ0n) is 9.74. The smallest absolute Gasteiger partial charge is 0.408 e. The second-order valence-corrected chi connectivity index (χ2v) is 3.86. The standard InChI is InChI=1S/C9H15N3O6/c1-10-4-5-6(7(13)14)12(9(17)18)3-2-11(5)8(15)16/h5-6,10H,2-4H2,1H3,(H,13,14)(H,15,16)(H,17,18). The summed E-state index contributed by atoms with van der Waals surface area (Å²) in [6, 6.07) is -2.35. The first-order valence-electron chi connectivity index (χ1n) is 5.26. The molecule has 0 aromatic heterocycles. The van der Waals surface area contributed by atoms with Crippen molar-refractivity contribution in [3.8, 4) is 0 Å². The number of nitrogens with one attached hydrogen (secondary N) is 1. The van der Waals surface area contributed by atoms with Gasteiger partial charge in [0.15, 0.2) is 6.04 Å². The molecule has 18 heavy (non-hydrogen) atoms. The van der Waals surface area contributed by atoms with Crippen molar-refractivity contribution in [2.45, 2.75) is 12.1 Å². The number of amides is 2. The Morgan fingerprint density at radius 3 is 2.00 bits per heavy atom. The lowest BCUT2D eigenvalue weighted by molar-refractivity contribution is -0.146. The first-order chi connectivity index (χ1) is 8.40. The molecule has 102 valence electrons. The molecule has 0 bridgehead atoms. The van der Waals surface area contributed by atoms with Crippen molar-refractivity contribution < 1.29 is 29.7 Å². The van der Waals surface area contributed by atoms with E-state index in [-0.39, 0.29) is 19.6 Å². The number of carboxylic acids is 1. The van der Waals surface area contributed by atoms with Crippen molar-refractivity contribution >= 4 is 18.2 Å². The maximum Gasteiger partial charge on any atom is 0.408 e. The Balaban J connectivity index is 3.05. The Hall–Kier alpha value is -2.03. The number of likely N-dealkylation sites (N-methyl/N-ethyl adjacent to an activating group) is 1. The number of nitrogens with zero attached hydrogens (tertiary/aromatic N) is 2. The summed E-state index contributed by atoms with van der Waals surface area (Å²) in [6.45, 7) is -0.135. The number of piperazine rings is 1. The fourth-order valence-electron chi connectivity index (χ4n) is 2.08. The average molecular weight is 261 g/mol. The minimum atomic E-state index is -1.40. The molecule has 0 radical (unpaired) electrons. The van der Waals surface area contributed by atoms with Crippen LogP contribution in [0.3, 0.4) is 0 Å². The summed E-state index contributed by atoms with van der Waals surface area (Å²) in [7, 11) is 1.54. The van der Waals surface area contributed by atoms with Crippen LogP contribution in [0.25, 0.3) is 0 Å². The van der Waals surface area contributed by atoms with Gasteiger partial charge in [0.25, 0.3) is 0 Å². The van der Waals surface area contributed by atoms with E-state index < -0.39 is 30.2 Å². The van der Waals surface area contributed by atoms with Crippen LogP contribution >= 0.6 is 0 Å². The molecule has 1 rings (SSSR count). The largest absolute Gasteiger partial charge is 0.480 e. The van der Waals surface area contributed by atoms with Gasteiger partial charge in [-0.15, -0.1) is 0 Å². The maximum atomic E-state index is 11.2. The Morgan fingerprint density at radius 2 is 1.61 bits per heavy atom. The summed E-state index contributed by atoms with van der Waals surface area (Å²) >= 11 is 0. The molecule has 0 spiro atoms. The van der Waals surface area contributed by atoms with Gasteiger partial charge in [0.2, 0.25) is 0 Å². The van der Waals surface area contributed by atoms with Crippen LogP contribution < -0.4 is 5.32 Å². The molecule has 1 fully saturated rings. The molecule has 4 N–H and O–H groups in total. The van der Waals surface area contributed by atoms with Gasteiger partial charge in [0.1, 0.15) is 0 Å². The topological polar surface area (TPSA) is 130 Å². The van der Waals surface area contributed by atoms with Gasteiger partial charge in [-0.2, -0.15) is 0 Å². The summed E-state index contributed by atoms with van der Waals surface area (Å²) in [4.78, 5) is 34.9. The lowest BCUT2D eigenvalue weighted by atomic mass is 10.0. The maximum absolute atomic E-state index is 11.2. The highest BCUT2D eigenvalue weighted by Crippen LogP contribution is 2.18. The van der Waals surface area contributed by atoms with E-state index in [1.165, 1.54) is 0 Å². The number of rotatable bonds is 3. The number of aliphatic carboxylic acids is 1. The molecule has 9 heteroatoms. The Bertz CT molecular complexity index is 360. The van der Waals surface area contributed by atoms with Crippen LogP contribution in [0.15, 0.2) is 0 Å². The van der Waals surface area contributed by atoms with Crippen LogP contribution in [0.5, 0.6) is 0 Å². The average Bonchev–Trinajstić information content (AvgIpc) is 2.27. The predicted octanol–water partition coefficient (Wildman–Crippen LogP) is -0.999. The van der Waals surface area contributed by atoms with Gasteiger partial charge in [0, 0.05) is 19.6 Å². The first-order valence-corrected chi connectivity index (χ1v) is 5.26. The van der Waals surface area contributed by atoms with E-state index in [9.17, 15) is 14.4 Å². The van der Waals surface area contributed by atoms with E-state index in [0.717, 1.165) is 9.80 Å². The molecule has 9 nitrogen and oxygen atoms in total. The Morgan fingerprint density at radius 1 is 1.11 bits per heavy atom. The van der Waals surface area contributed by atoms with Crippen LogP contribution in [0.1, 0.15) is 0 Å². The Kier molecular flexibility index (Phi) is 4.32. The molecule has 1 saturated heterocycles. The molecule has 2 atom stereocenters. The van der Waals surface area contributed by atoms with E-state index in [2.05, 4.69) is 5.32 Å². The van der Waals surface area contributed by atoms with Crippen molar-refractivity contribution in [2.75, 3.05) is 26.7 Å². The third kappa shape index (κ3) is 2.62. The summed E-state index contributed by atoms with van der Waals surface area (Å²) in [5.74, 6) is -1.36. The molecular formula is C9H15N3O6. The van der Waals surface area contributed by atoms with Crippen molar-refractivity contribution in [2.24, 2.45) is 0 Å². The molecule has 0 aromatic rings. The van der Waals surface area contributed by atoms with Crippen molar-refractivity contribution in [3.05, 3.63) is 0 Å². The van der Waals surface area contributed by atoms with Gasteiger partial charge in [0.05, 0.1) is 6.04 Å². The van der Waals surface area contributed by atoms with Crippen LogP contribution in [0.2, 0.25) is 0 Å². The minimum absolute atomic E-state index is 0.0439. The van der Waals surface area contributed by atoms with Crippen LogP contribution in [-0.4, -0.2) is 82.0 Å². The van der Waals surface area contributed by atoms with Gasteiger partial charge in [-0.3, -0.25) is 9.80 Å². The highest BCUT2D eigenvalue weighted by Gasteiger charge is 2.44. The fraction of sp³-hybridized carbons (Fsp3) is 0.667. The molecule has 2 amide bonds. The number of carbonyl (C=O) groups is 3. The van der Waals surface area contributed by atoms with Crippen molar-refractivity contribution in [1.82, 2.24) is 15.1 Å². The number of hydrogen-bond acceptors (Lipinski definition) is 4. The quantitative estimate of drug-likeness (QED) is 0.512. The van der Waals surface area contributed by atoms with E-state index in [1.807, 2.05) is 0 Å². The van der Waals surface area contributed by atoms with Gasteiger partial charge in [-0.05, 0) is 7.05 Å². The molecule has 0 aliphatic carbocycles. The first kappa shape index (κ1) is 14.0. The van der Waals surface area contributed by atoms with E-state index in [0.29, 0.717) is 0 Å². The summed E-state index contributed by atoms with van der Waals surface area (Å²) in [5.41, 5.74) is 0. The normalized spacial score (nSPS) is 23.8. The van der Waals surface area contributed by atoms with E-state index in [1.54, 1.807) is 7.05 Å². The lowest BCUT2D eigenvalue weighted by Crippen LogP contribution is -2.66. The molecule has 0 saturated carbocycles. The highest BCUT2D eigenvalue weighted by atomic mass is 16.4. The summed E-state index contributed by atoms with van der Waals surface area (Å²) in [5, 5.41) is 29.7. The van der Waals surface area contributed by atoms with Gasteiger partial charge in [-0.25, -0.2) is 14.4 Å². The SMILES string of the molecule is CNCC1C(C(=O)O)N(C(=O)O)CCN1C(=O)O. The predicted molar refractivity (Wildman–Crippen MR) is 58.6 cm³/mol. The van der Waals surface area contributed by atoms with Crippen LogP contribution in [0, 0.1) is 0 Å². The number of carboxylic acid groups (broad SMARTS) is 3. The molecule has 1 heterocycles. The monoisotopic (exact) mass is 261 g/mol.